The third kappa shape index (κ3) is 7.55. The Morgan fingerprint density at radius 3 is 2.16 bits per heavy atom. The summed E-state index contributed by atoms with van der Waals surface area (Å²) in [6.07, 6.45) is 5.55. The lowest BCUT2D eigenvalue weighted by atomic mass is 9.77. The van der Waals surface area contributed by atoms with Gasteiger partial charge in [-0.1, -0.05) is 61.5 Å². The SMILES string of the molecule is NC(=S)c1cccc(-c2cn(C3CCC(F)(F)CC3)c3cc(NC(=O)CCCCCCC(=O)c4ccc5c(c4)C(=O)OC54c5ccc(O)cc5Oc5cc(O)ccc54)ccc23)c1. The number of phenolic OH excluding ortho intramolecular Hbond substituents is 2. The van der Waals surface area contributed by atoms with Crippen LogP contribution < -0.4 is 15.8 Å². The number of nitrogens with zero attached hydrogens (tertiary/aromatic N) is 1. The van der Waals surface area contributed by atoms with E-state index in [4.69, 9.17) is 27.4 Å². The van der Waals surface area contributed by atoms with E-state index in [1.54, 1.807) is 30.3 Å². The summed E-state index contributed by atoms with van der Waals surface area (Å²) in [6.45, 7) is 0. The molecular weight excluding hydrogens is 813 g/mol. The number of fused-ring (bicyclic) bond motifs is 7. The molecule has 62 heavy (non-hydrogen) atoms. The highest BCUT2D eigenvalue weighted by molar-refractivity contribution is 7.80. The number of phenols is 2. The van der Waals surface area contributed by atoms with E-state index in [0.717, 1.165) is 40.4 Å². The summed E-state index contributed by atoms with van der Waals surface area (Å²) in [5.74, 6) is -3.09. The molecule has 5 N–H and O–H groups in total. The van der Waals surface area contributed by atoms with Gasteiger partial charge < -0.3 is 35.3 Å². The fraction of sp³-hybridized carbons (Fsp3) is 0.265. The Kier molecular flexibility index (Phi) is 10.5. The van der Waals surface area contributed by atoms with Gasteiger partial charge in [0, 0.05) is 94.5 Å². The monoisotopic (exact) mass is 855 g/mol. The molecule has 0 unspecified atom stereocenters. The van der Waals surface area contributed by atoms with Crippen LogP contribution >= 0.6 is 12.2 Å². The number of hydrogen-bond acceptors (Lipinski definition) is 8. The number of rotatable bonds is 12. The largest absolute Gasteiger partial charge is 0.508 e. The van der Waals surface area contributed by atoms with Gasteiger partial charge in [0.1, 0.15) is 28.0 Å². The maximum atomic E-state index is 14.1. The number of thiocarbonyl (C=S) groups is 1. The zero-order chi connectivity index (χ0) is 43.3. The summed E-state index contributed by atoms with van der Waals surface area (Å²) >= 11 is 5.21. The van der Waals surface area contributed by atoms with Crippen LogP contribution in [-0.4, -0.2) is 43.4 Å². The van der Waals surface area contributed by atoms with Gasteiger partial charge in [0.2, 0.25) is 11.8 Å². The molecule has 1 saturated carbocycles. The number of nitrogens with one attached hydrogen (secondary N) is 1. The van der Waals surface area contributed by atoms with Crippen LogP contribution in [0.4, 0.5) is 14.5 Å². The van der Waals surface area contributed by atoms with E-state index in [1.807, 2.05) is 48.7 Å². The first kappa shape index (κ1) is 40.8. The van der Waals surface area contributed by atoms with E-state index in [0.29, 0.717) is 53.6 Å². The van der Waals surface area contributed by atoms with E-state index >= 15 is 0 Å². The first-order chi connectivity index (χ1) is 29.8. The van der Waals surface area contributed by atoms with Crippen LogP contribution in [0.1, 0.15) is 113 Å². The lowest BCUT2D eigenvalue weighted by molar-refractivity contribution is -0.116. The normalized spacial score (nSPS) is 15.9. The predicted molar refractivity (Wildman–Crippen MR) is 234 cm³/mol. The summed E-state index contributed by atoms with van der Waals surface area (Å²) in [7, 11) is 0. The average molecular weight is 856 g/mol. The van der Waals surface area contributed by atoms with Gasteiger partial charge in [-0.25, -0.2) is 13.6 Å². The summed E-state index contributed by atoms with van der Waals surface area (Å²) in [5, 5.41) is 24.3. The van der Waals surface area contributed by atoms with E-state index in [1.165, 1.54) is 24.3 Å². The number of carbonyl (C=O) groups excluding carboxylic acids is 3. The third-order valence-corrected chi connectivity index (χ3v) is 12.5. The lowest BCUT2D eigenvalue weighted by Crippen LogP contribution is -2.32. The Hall–Kier alpha value is -6.60. The van der Waals surface area contributed by atoms with Crippen LogP contribution in [0.15, 0.2) is 103 Å². The summed E-state index contributed by atoms with van der Waals surface area (Å²) in [5.41, 5.74) is 10.7. The van der Waals surface area contributed by atoms with Gasteiger partial charge in [-0.15, -0.1) is 0 Å². The molecule has 0 bridgehead atoms. The third-order valence-electron chi connectivity index (χ3n) is 12.3. The molecule has 1 fully saturated rings. The standard InChI is InChI=1S/C49H43F2N3O7S/c50-48(51)20-18-32(19-21-48)54-27-37(28-6-5-7-30(22-28)46(52)62)35-14-11-31(24-41(35)54)53-45(58)9-4-2-1-3-8-42(57)29-10-15-38-36(23-29)47(59)61-49(38)39-16-12-33(55)25-43(39)60-44-26-34(56)13-17-40(44)49/h5-7,10-17,22-27,32,55-56H,1-4,8-9,18-21H2,(H2,52,62)(H,53,58). The molecule has 3 aliphatic rings. The summed E-state index contributed by atoms with van der Waals surface area (Å²) in [6, 6.07) is 27.3. The Bertz CT molecular complexity index is 2760. The number of esters is 1. The molecule has 0 saturated heterocycles. The minimum absolute atomic E-state index is 0.0424. The van der Waals surface area contributed by atoms with Gasteiger partial charge in [-0.2, -0.15) is 0 Å². The van der Waals surface area contributed by atoms with E-state index in [2.05, 4.69) is 9.88 Å². The van der Waals surface area contributed by atoms with Crippen molar-refractivity contribution < 1.29 is 42.9 Å². The van der Waals surface area contributed by atoms with Gasteiger partial charge in [-0.05, 0) is 79.8 Å². The number of halogens is 2. The smallest absolute Gasteiger partial charge is 0.340 e. The number of amides is 1. The van der Waals surface area contributed by atoms with Crippen molar-refractivity contribution in [3.8, 4) is 34.1 Å². The number of unbranched alkanes of at least 4 members (excludes halogenated alkanes) is 3. The van der Waals surface area contributed by atoms with Crippen molar-refractivity contribution in [3.05, 3.63) is 137 Å². The van der Waals surface area contributed by atoms with Crippen molar-refractivity contribution in [2.24, 2.45) is 5.73 Å². The molecule has 1 aliphatic carbocycles. The minimum Gasteiger partial charge on any atom is -0.508 e. The fourth-order valence-corrected chi connectivity index (χ4v) is 9.30. The van der Waals surface area contributed by atoms with E-state index in [-0.39, 0.29) is 77.0 Å². The quantitative estimate of drug-likeness (QED) is 0.0408. The molecule has 316 valence electrons. The number of aromatic hydroxyl groups is 2. The second-order valence-corrected chi connectivity index (χ2v) is 16.8. The zero-order valence-corrected chi connectivity index (χ0v) is 34.4. The number of benzene rings is 5. The molecule has 1 spiro atoms. The topological polar surface area (TPSA) is 153 Å². The van der Waals surface area contributed by atoms with Gasteiger partial charge >= 0.3 is 5.97 Å². The van der Waals surface area contributed by atoms with Crippen LogP contribution in [0.25, 0.3) is 22.0 Å². The molecule has 10 nitrogen and oxygen atoms in total. The van der Waals surface area contributed by atoms with Crippen LogP contribution in [0.2, 0.25) is 0 Å². The highest BCUT2D eigenvalue weighted by Gasteiger charge is 2.54. The second-order valence-electron chi connectivity index (χ2n) is 16.4. The number of hydrogen-bond donors (Lipinski definition) is 4. The van der Waals surface area contributed by atoms with Crippen molar-refractivity contribution in [1.29, 1.82) is 0 Å². The minimum atomic E-state index is -2.67. The number of Topliss-reactive ketones (excluding diaryl/α,β-unsaturated/α-hetero) is 1. The van der Waals surface area contributed by atoms with E-state index in [9.17, 15) is 33.4 Å². The highest BCUT2D eigenvalue weighted by atomic mass is 32.1. The molecule has 13 heteroatoms. The molecule has 5 aromatic carbocycles. The number of alkyl halides is 2. The van der Waals surface area contributed by atoms with Gasteiger partial charge in [-0.3, -0.25) is 9.59 Å². The molecule has 6 aromatic rings. The highest BCUT2D eigenvalue weighted by Crippen LogP contribution is 2.57. The Labute approximate surface area is 361 Å². The van der Waals surface area contributed by atoms with Gasteiger partial charge in [0.25, 0.3) is 0 Å². The van der Waals surface area contributed by atoms with Crippen molar-refractivity contribution >= 4 is 51.5 Å². The number of ketones is 1. The summed E-state index contributed by atoms with van der Waals surface area (Å²) in [4.78, 5) is 40.2. The molecular formula is C49H43F2N3O7S. The van der Waals surface area contributed by atoms with Crippen molar-refractivity contribution in [3.63, 3.8) is 0 Å². The lowest BCUT2D eigenvalue weighted by Gasteiger charge is -2.36. The van der Waals surface area contributed by atoms with Gasteiger partial charge in [0.05, 0.1) is 11.1 Å². The molecule has 1 aromatic heterocycles. The first-order valence-electron chi connectivity index (χ1n) is 20.8. The summed E-state index contributed by atoms with van der Waals surface area (Å²) < 4.78 is 42.5. The molecule has 0 radical (unpaired) electrons. The van der Waals surface area contributed by atoms with Crippen molar-refractivity contribution in [2.75, 3.05) is 5.32 Å². The fourth-order valence-electron chi connectivity index (χ4n) is 9.18. The van der Waals surface area contributed by atoms with Crippen LogP contribution in [0, 0.1) is 0 Å². The van der Waals surface area contributed by atoms with Crippen LogP contribution in [0.5, 0.6) is 23.0 Å². The molecule has 0 atom stereocenters. The number of carbonyl (C=O) groups is 3. The second kappa shape index (κ2) is 16.0. The van der Waals surface area contributed by atoms with E-state index < -0.39 is 17.5 Å². The van der Waals surface area contributed by atoms with Crippen LogP contribution in [-0.2, 0) is 15.1 Å². The molecule has 9 rings (SSSR count). The predicted octanol–water partition coefficient (Wildman–Crippen LogP) is 10.8. The van der Waals surface area contributed by atoms with Crippen molar-refractivity contribution in [2.45, 2.75) is 81.8 Å². The maximum Gasteiger partial charge on any atom is 0.340 e. The zero-order valence-electron chi connectivity index (χ0n) is 33.6. The Balaban J connectivity index is 0.822. The number of nitrogens with two attached hydrogens (primary N) is 1. The Morgan fingerprint density at radius 2 is 1.47 bits per heavy atom. The average Bonchev–Trinajstić information content (AvgIpc) is 3.76. The number of aromatic nitrogens is 1. The van der Waals surface area contributed by atoms with Crippen molar-refractivity contribution in [1.82, 2.24) is 4.57 Å². The number of anilines is 1. The van der Waals surface area contributed by atoms with Gasteiger partial charge in [0.15, 0.2) is 11.4 Å². The molecule has 1 amide bonds. The molecule has 3 heterocycles. The number of ether oxygens (including phenoxy) is 2. The van der Waals surface area contributed by atoms with Crippen LogP contribution in [0.3, 0.4) is 0 Å². The first-order valence-corrected chi connectivity index (χ1v) is 21.2. The molecule has 2 aliphatic heterocycles. The Morgan fingerprint density at radius 1 is 0.790 bits per heavy atom. The maximum absolute atomic E-state index is 14.1.